The van der Waals surface area contributed by atoms with Gasteiger partial charge < -0.3 is 29.7 Å². The predicted octanol–water partition coefficient (Wildman–Crippen LogP) is 3.12. The van der Waals surface area contributed by atoms with Crippen molar-refractivity contribution in [2.45, 2.75) is 39.5 Å². The molecule has 3 rings (SSSR count). The number of ketones is 1. The number of carbonyl (C=O) groups is 1. The number of thiocarbonyl (C=S) groups is 1. The molecular weight excluding hydrogens is 429 g/mol. The molecular formula is C26H28NNaOS2. The van der Waals surface area contributed by atoms with Crippen molar-refractivity contribution in [2.24, 2.45) is 0 Å². The molecule has 0 aliphatic carbocycles. The average Bonchev–Trinajstić information content (AvgIpc) is 2.71. The zero-order chi connectivity index (χ0) is 21.8. The van der Waals surface area contributed by atoms with E-state index in [2.05, 4.69) is 76.2 Å². The molecule has 156 valence electrons. The summed E-state index contributed by atoms with van der Waals surface area (Å²) in [5.41, 5.74) is 6.03. The molecule has 1 heterocycles. The van der Waals surface area contributed by atoms with Gasteiger partial charge in [-0.15, -0.1) is 0 Å². The summed E-state index contributed by atoms with van der Waals surface area (Å²) in [4.78, 5) is 15.1. The third-order valence-electron chi connectivity index (χ3n) is 5.45. The summed E-state index contributed by atoms with van der Waals surface area (Å²) in [6.45, 7) is 9.60. The molecule has 0 bridgehead atoms. The van der Waals surface area contributed by atoms with Crippen molar-refractivity contribution in [1.29, 1.82) is 0 Å². The van der Waals surface area contributed by atoms with Crippen molar-refractivity contribution >= 4 is 47.1 Å². The van der Waals surface area contributed by atoms with Gasteiger partial charge in [0.1, 0.15) is 0 Å². The van der Waals surface area contributed by atoms with Gasteiger partial charge in [-0.1, -0.05) is 80.5 Å². The van der Waals surface area contributed by atoms with Gasteiger partial charge in [-0.2, -0.15) is 0 Å². The van der Waals surface area contributed by atoms with E-state index in [9.17, 15) is 4.79 Å². The van der Waals surface area contributed by atoms with E-state index in [1.807, 2.05) is 17.1 Å². The fraction of sp³-hybridized carbons (Fsp3) is 0.308. The van der Waals surface area contributed by atoms with Crippen LogP contribution in [0.3, 0.4) is 0 Å². The van der Waals surface area contributed by atoms with Crippen molar-refractivity contribution in [3.8, 4) is 0 Å². The van der Waals surface area contributed by atoms with Gasteiger partial charge in [-0.05, 0) is 46.2 Å². The van der Waals surface area contributed by atoms with Crippen LogP contribution < -0.4 is 29.6 Å². The minimum Gasteiger partial charge on any atom is -0.411 e. The van der Waals surface area contributed by atoms with Gasteiger partial charge >= 0.3 is 29.6 Å². The number of rotatable bonds is 4. The van der Waals surface area contributed by atoms with E-state index >= 15 is 0 Å². The van der Waals surface area contributed by atoms with Crippen molar-refractivity contribution in [3.63, 3.8) is 0 Å². The van der Waals surface area contributed by atoms with Crippen LogP contribution in [0.15, 0.2) is 59.7 Å². The zero-order valence-electron chi connectivity index (χ0n) is 19.0. The van der Waals surface area contributed by atoms with Crippen molar-refractivity contribution < 1.29 is 34.4 Å². The molecule has 1 saturated heterocycles. The first-order chi connectivity index (χ1) is 14.2. The van der Waals surface area contributed by atoms with Crippen LogP contribution in [0.1, 0.15) is 61.8 Å². The number of nitrogens with zero attached hydrogens (tertiary/aromatic N) is 1. The standard InChI is InChI=1S/C26H29NOS2.Na/c1-17(2)21-9-5-19(6-10-21)13-23-15-27(26(29)30)16-24(25(23)28)14-20-7-11-22(12-8-20)18(3)4;/h5-14,17-18H,15-16H2,1-4H3,(H,29,30);/q;+1/p-1/b23-13+,24-14+;. The monoisotopic (exact) mass is 457 g/mol. The summed E-state index contributed by atoms with van der Waals surface area (Å²) in [5, 5.41) is 0. The minimum absolute atomic E-state index is 0. The van der Waals surface area contributed by atoms with Crippen LogP contribution >= 0.6 is 12.2 Å². The molecule has 2 aromatic rings. The average molecular weight is 458 g/mol. The second-order valence-electron chi connectivity index (χ2n) is 8.43. The molecule has 0 saturated carbocycles. The van der Waals surface area contributed by atoms with Crippen LogP contribution in [-0.2, 0) is 17.4 Å². The first kappa shape index (κ1) is 26.0. The zero-order valence-corrected chi connectivity index (χ0v) is 22.6. The van der Waals surface area contributed by atoms with Crippen LogP contribution in [0.4, 0.5) is 0 Å². The predicted molar refractivity (Wildman–Crippen MR) is 134 cm³/mol. The molecule has 0 spiro atoms. The first-order valence-corrected chi connectivity index (χ1v) is 11.2. The smallest absolute Gasteiger partial charge is 0.411 e. The minimum atomic E-state index is 0. The summed E-state index contributed by atoms with van der Waals surface area (Å²) in [6, 6.07) is 16.7. The van der Waals surface area contributed by atoms with E-state index in [1.54, 1.807) is 0 Å². The number of hydrogen-bond donors (Lipinski definition) is 0. The maximum Gasteiger partial charge on any atom is 1.00 e. The molecule has 1 aliphatic rings. The summed E-state index contributed by atoms with van der Waals surface area (Å²) in [7, 11) is 0. The molecule has 0 amide bonds. The van der Waals surface area contributed by atoms with Crippen LogP contribution in [0.25, 0.3) is 12.2 Å². The fourth-order valence-electron chi connectivity index (χ4n) is 3.53. The Balaban J connectivity index is 0.00000341. The van der Waals surface area contributed by atoms with E-state index < -0.39 is 0 Å². The number of benzene rings is 2. The van der Waals surface area contributed by atoms with Gasteiger partial charge in [0, 0.05) is 24.2 Å². The number of carbonyl (C=O) groups excluding carboxylic acids is 1. The third kappa shape index (κ3) is 6.84. The molecule has 5 heteroatoms. The molecule has 0 atom stereocenters. The molecule has 1 fully saturated rings. The number of hydrogen-bond acceptors (Lipinski definition) is 3. The summed E-state index contributed by atoms with van der Waals surface area (Å²) < 4.78 is 0.393. The Hall–Kier alpha value is -1.30. The van der Waals surface area contributed by atoms with Gasteiger partial charge in [0.25, 0.3) is 0 Å². The third-order valence-corrected chi connectivity index (χ3v) is 5.97. The molecule has 2 aromatic carbocycles. The van der Waals surface area contributed by atoms with E-state index in [4.69, 9.17) is 24.8 Å². The topological polar surface area (TPSA) is 20.3 Å². The van der Waals surface area contributed by atoms with Gasteiger partial charge in [0.2, 0.25) is 0 Å². The largest absolute Gasteiger partial charge is 1.00 e. The van der Waals surface area contributed by atoms with Crippen molar-refractivity contribution in [2.75, 3.05) is 13.1 Å². The molecule has 0 aromatic heterocycles. The Morgan fingerprint density at radius 3 is 1.48 bits per heavy atom. The second kappa shape index (κ2) is 11.5. The normalized spacial score (nSPS) is 16.8. The van der Waals surface area contributed by atoms with Crippen molar-refractivity contribution in [1.82, 2.24) is 4.90 Å². The maximum atomic E-state index is 13.2. The van der Waals surface area contributed by atoms with E-state index in [1.165, 1.54) is 11.1 Å². The van der Waals surface area contributed by atoms with Gasteiger partial charge in [0.15, 0.2) is 5.78 Å². The van der Waals surface area contributed by atoms with E-state index in [0.29, 0.717) is 29.2 Å². The fourth-order valence-corrected chi connectivity index (χ4v) is 3.78. The number of Topliss-reactive ketones (excluding diaryl/α,β-unsaturated/α-hetero) is 1. The Morgan fingerprint density at radius 2 is 1.19 bits per heavy atom. The Kier molecular flexibility index (Phi) is 9.66. The molecule has 0 N–H and O–H groups in total. The molecule has 0 unspecified atom stereocenters. The Labute approximate surface area is 219 Å². The molecule has 0 radical (unpaired) electrons. The van der Waals surface area contributed by atoms with Gasteiger partial charge in [0.05, 0.1) is 0 Å². The molecule has 31 heavy (non-hydrogen) atoms. The second-order valence-corrected chi connectivity index (χ2v) is 9.46. The first-order valence-electron chi connectivity index (χ1n) is 10.4. The van der Waals surface area contributed by atoms with E-state index in [-0.39, 0.29) is 35.3 Å². The summed E-state index contributed by atoms with van der Waals surface area (Å²) in [6.07, 6.45) is 3.92. The van der Waals surface area contributed by atoms with E-state index in [0.717, 1.165) is 22.3 Å². The quantitative estimate of drug-likeness (QED) is 0.304. The van der Waals surface area contributed by atoms with Gasteiger partial charge in [-0.25, -0.2) is 0 Å². The molecule has 1 aliphatic heterocycles. The Morgan fingerprint density at radius 1 is 0.839 bits per heavy atom. The van der Waals surface area contributed by atoms with Crippen LogP contribution in [0.2, 0.25) is 0 Å². The Bertz CT molecular complexity index is 916. The maximum absolute atomic E-state index is 13.2. The van der Waals surface area contributed by atoms with Crippen LogP contribution in [-0.4, -0.2) is 28.1 Å². The van der Waals surface area contributed by atoms with Crippen LogP contribution in [0.5, 0.6) is 0 Å². The number of piperidine rings is 1. The summed E-state index contributed by atoms with van der Waals surface area (Å²) in [5.74, 6) is 1.03. The van der Waals surface area contributed by atoms with Crippen LogP contribution in [0, 0.1) is 0 Å². The molecule has 2 nitrogen and oxygen atoms in total. The van der Waals surface area contributed by atoms with Gasteiger partial charge in [-0.3, -0.25) is 4.79 Å². The number of likely N-dealkylation sites (tertiary alicyclic amines) is 1. The summed E-state index contributed by atoms with van der Waals surface area (Å²) >= 11 is 10.5. The van der Waals surface area contributed by atoms with Crippen molar-refractivity contribution in [3.05, 3.63) is 81.9 Å². The SMILES string of the molecule is CC(C)c1ccc(/C=C2\CN(C(=S)[S-])C/C(=C\c3ccc(C(C)C)cc3)C2=O)cc1.[Na+].